The van der Waals surface area contributed by atoms with Crippen LogP contribution in [0.3, 0.4) is 0 Å². The fourth-order valence-electron chi connectivity index (χ4n) is 1.06. The highest BCUT2D eigenvalue weighted by molar-refractivity contribution is 6.30. The molecule has 0 aromatic heterocycles. The summed E-state index contributed by atoms with van der Waals surface area (Å²) >= 11 is 0. The molecule has 1 aromatic rings. The molecule has 0 amide bonds. The van der Waals surface area contributed by atoms with Crippen LogP contribution < -0.4 is 4.74 Å². The van der Waals surface area contributed by atoms with E-state index in [0.29, 0.717) is 11.4 Å². The fourth-order valence-corrected chi connectivity index (χ4v) is 1.06. The van der Waals surface area contributed by atoms with Crippen molar-refractivity contribution in [2.24, 2.45) is 4.99 Å². The molecule has 4 N–H and O–H groups in total. The van der Waals surface area contributed by atoms with Crippen molar-refractivity contribution in [3.8, 4) is 5.75 Å². The molecule has 0 radical (unpaired) electrons. The smallest absolute Gasteiger partial charge is 0.485 e. The number of aliphatic imine (C=N–C) groups is 1. The topological polar surface area (TPSA) is 120 Å². The van der Waals surface area contributed by atoms with Crippen LogP contribution in [0.15, 0.2) is 29.3 Å². The van der Waals surface area contributed by atoms with Crippen LogP contribution in [0.25, 0.3) is 0 Å². The standard InChI is InChI=1S/C13H17NO3.BH3O3/c1-12(2,16)13(3,4)17-11-7-5-10(6-8-11)14-9-15;2-1(3)4/h5-8,16H,1-4H3;2-4H. The molecule has 0 atom stereocenters. The summed E-state index contributed by atoms with van der Waals surface area (Å²) in [7, 11) is -2.17. The highest BCUT2D eigenvalue weighted by atomic mass is 16.5. The number of carbonyl (C=O) groups excluding carboxylic acids is 1. The van der Waals surface area contributed by atoms with E-state index in [1.807, 2.05) is 13.8 Å². The molecule has 116 valence electrons. The lowest BCUT2D eigenvalue weighted by Gasteiger charge is -2.37. The summed E-state index contributed by atoms with van der Waals surface area (Å²) in [5, 5.41) is 31.5. The summed E-state index contributed by atoms with van der Waals surface area (Å²) < 4.78 is 5.71. The summed E-state index contributed by atoms with van der Waals surface area (Å²) in [6.45, 7) is 7.01. The maximum Gasteiger partial charge on any atom is 0.631 e. The Morgan fingerprint density at radius 2 is 1.52 bits per heavy atom. The van der Waals surface area contributed by atoms with Gasteiger partial charge >= 0.3 is 7.32 Å². The van der Waals surface area contributed by atoms with E-state index in [2.05, 4.69) is 4.99 Å². The van der Waals surface area contributed by atoms with Crippen LogP contribution in [0.4, 0.5) is 5.69 Å². The van der Waals surface area contributed by atoms with Crippen molar-refractivity contribution in [1.82, 2.24) is 0 Å². The highest BCUT2D eigenvalue weighted by Gasteiger charge is 2.37. The van der Waals surface area contributed by atoms with Crippen LogP contribution in [0.1, 0.15) is 27.7 Å². The Morgan fingerprint density at radius 1 is 1.10 bits per heavy atom. The SMILES string of the molecule is CC(C)(O)C(C)(C)Oc1ccc(N=C=O)cc1.OB(O)O. The Morgan fingerprint density at radius 3 is 1.86 bits per heavy atom. The summed E-state index contributed by atoms with van der Waals surface area (Å²) in [6, 6.07) is 6.70. The molecule has 8 heteroatoms. The second kappa shape index (κ2) is 7.92. The van der Waals surface area contributed by atoms with Gasteiger partial charge in [0.25, 0.3) is 0 Å². The average Bonchev–Trinajstić information content (AvgIpc) is 2.29. The van der Waals surface area contributed by atoms with E-state index in [1.54, 1.807) is 38.1 Å². The minimum atomic E-state index is -2.17. The van der Waals surface area contributed by atoms with Crippen molar-refractivity contribution in [2.75, 3.05) is 0 Å². The van der Waals surface area contributed by atoms with Crippen molar-refractivity contribution >= 4 is 19.1 Å². The van der Waals surface area contributed by atoms with Crippen LogP contribution in [0.2, 0.25) is 0 Å². The molecular weight excluding hydrogens is 277 g/mol. The highest BCUT2D eigenvalue weighted by Crippen LogP contribution is 2.28. The minimum absolute atomic E-state index is 0.522. The summed E-state index contributed by atoms with van der Waals surface area (Å²) in [5.41, 5.74) is -1.16. The third kappa shape index (κ3) is 7.60. The van der Waals surface area contributed by atoms with Crippen molar-refractivity contribution < 1.29 is 29.7 Å². The lowest BCUT2D eigenvalue weighted by atomic mass is 9.89. The molecule has 0 aliphatic heterocycles. The fraction of sp³-hybridized carbons (Fsp3) is 0.462. The van der Waals surface area contributed by atoms with Gasteiger partial charge in [-0.1, -0.05) is 0 Å². The van der Waals surface area contributed by atoms with Gasteiger partial charge in [0.1, 0.15) is 11.4 Å². The van der Waals surface area contributed by atoms with E-state index in [1.165, 1.54) is 6.08 Å². The van der Waals surface area contributed by atoms with Gasteiger partial charge in [0.15, 0.2) is 0 Å². The third-order valence-electron chi connectivity index (χ3n) is 2.86. The van der Waals surface area contributed by atoms with Crippen molar-refractivity contribution in [3.05, 3.63) is 24.3 Å². The van der Waals surface area contributed by atoms with Crippen molar-refractivity contribution in [1.29, 1.82) is 0 Å². The predicted octanol–water partition coefficient (Wildman–Crippen LogP) is 0.530. The molecule has 0 fully saturated rings. The molecule has 0 bridgehead atoms. The van der Waals surface area contributed by atoms with Gasteiger partial charge in [0.2, 0.25) is 6.08 Å². The Kier molecular flexibility index (Phi) is 7.28. The molecule has 0 spiro atoms. The first-order chi connectivity index (χ1) is 9.49. The lowest BCUT2D eigenvalue weighted by molar-refractivity contribution is -0.0906. The van der Waals surface area contributed by atoms with E-state index < -0.39 is 18.5 Å². The second-order valence-corrected chi connectivity index (χ2v) is 5.21. The van der Waals surface area contributed by atoms with Crippen LogP contribution in [-0.2, 0) is 4.79 Å². The number of benzene rings is 1. The van der Waals surface area contributed by atoms with Crippen molar-refractivity contribution in [3.63, 3.8) is 0 Å². The Bertz CT molecular complexity index is 472. The maximum absolute atomic E-state index is 10.1. The molecule has 0 aliphatic carbocycles. The number of hydrogen-bond acceptors (Lipinski definition) is 7. The van der Waals surface area contributed by atoms with Gasteiger partial charge in [0.05, 0.1) is 11.3 Å². The Labute approximate surface area is 123 Å². The number of nitrogens with zero attached hydrogens (tertiary/aromatic N) is 1. The zero-order valence-corrected chi connectivity index (χ0v) is 12.4. The molecule has 0 saturated carbocycles. The van der Waals surface area contributed by atoms with Gasteiger partial charge in [-0.3, -0.25) is 0 Å². The Hall–Kier alpha value is -1.70. The summed E-state index contributed by atoms with van der Waals surface area (Å²) in [4.78, 5) is 13.5. The van der Waals surface area contributed by atoms with Crippen molar-refractivity contribution in [2.45, 2.75) is 38.9 Å². The quantitative estimate of drug-likeness (QED) is 0.365. The first-order valence-corrected chi connectivity index (χ1v) is 6.13. The van der Waals surface area contributed by atoms with Gasteiger partial charge in [-0.05, 0) is 52.0 Å². The molecule has 1 rings (SSSR count). The molecular formula is C13H20BNO6. The largest absolute Gasteiger partial charge is 0.631 e. The molecule has 1 aromatic carbocycles. The van der Waals surface area contributed by atoms with Crippen LogP contribution >= 0.6 is 0 Å². The van der Waals surface area contributed by atoms with Gasteiger partial charge in [-0.2, -0.15) is 4.99 Å². The molecule has 0 aliphatic rings. The Balaban J connectivity index is 0.000000885. The number of hydrogen-bond donors (Lipinski definition) is 4. The van der Waals surface area contributed by atoms with E-state index in [-0.39, 0.29) is 0 Å². The van der Waals surface area contributed by atoms with E-state index in [9.17, 15) is 9.90 Å². The maximum atomic E-state index is 10.1. The molecule has 21 heavy (non-hydrogen) atoms. The number of rotatable bonds is 4. The zero-order valence-electron chi connectivity index (χ0n) is 12.4. The third-order valence-corrected chi connectivity index (χ3v) is 2.86. The van der Waals surface area contributed by atoms with Gasteiger partial charge < -0.3 is 24.9 Å². The molecule has 0 unspecified atom stereocenters. The number of isocyanates is 1. The minimum Gasteiger partial charge on any atom is -0.485 e. The molecule has 0 saturated heterocycles. The monoisotopic (exact) mass is 297 g/mol. The number of ether oxygens (including phenoxy) is 1. The average molecular weight is 297 g/mol. The van der Waals surface area contributed by atoms with Crippen LogP contribution in [0.5, 0.6) is 5.75 Å². The summed E-state index contributed by atoms with van der Waals surface area (Å²) in [5.74, 6) is 0.613. The van der Waals surface area contributed by atoms with E-state index >= 15 is 0 Å². The van der Waals surface area contributed by atoms with E-state index in [0.717, 1.165) is 0 Å². The zero-order chi connectivity index (χ0) is 16.7. The van der Waals surface area contributed by atoms with Gasteiger partial charge in [0, 0.05) is 0 Å². The summed E-state index contributed by atoms with van der Waals surface area (Å²) in [6.07, 6.45) is 1.47. The lowest BCUT2D eigenvalue weighted by Crippen LogP contribution is -2.49. The number of aliphatic hydroxyl groups is 1. The first-order valence-electron chi connectivity index (χ1n) is 6.13. The van der Waals surface area contributed by atoms with E-state index in [4.69, 9.17) is 19.8 Å². The van der Waals surface area contributed by atoms with Gasteiger partial charge in [-0.15, -0.1) is 0 Å². The normalized spacial score (nSPS) is 10.9. The predicted molar refractivity (Wildman–Crippen MR) is 77.6 cm³/mol. The molecule has 0 heterocycles. The second-order valence-electron chi connectivity index (χ2n) is 5.21. The molecule has 7 nitrogen and oxygen atoms in total. The van der Waals surface area contributed by atoms with Gasteiger partial charge in [-0.25, -0.2) is 4.79 Å². The first kappa shape index (κ1) is 19.3. The van der Waals surface area contributed by atoms with Crippen LogP contribution in [-0.4, -0.2) is 44.8 Å². The van der Waals surface area contributed by atoms with Crippen LogP contribution in [0, 0.1) is 0 Å².